The van der Waals surface area contributed by atoms with E-state index < -0.39 is 5.82 Å². The topological polar surface area (TPSA) is 44.8 Å². The summed E-state index contributed by atoms with van der Waals surface area (Å²) in [5.74, 6) is 1.58. The van der Waals surface area contributed by atoms with Crippen LogP contribution in [0.5, 0.6) is 17.2 Å². The number of ether oxygens (including phenoxy) is 3. The van der Waals surface area contributed by atoms with Crippen molar-refractivity contribution in [1.82, 2.24) is 0 Å². The van der Waals surface area contributed by atoms with Crippen molar-refractivity contribution in [3.63, 3.8) is 0 Å². The van der Waals surface area contributed by atoms with Crippen molar-refractivity contribution >= 4 is 23.6 Å². The van der Waals surface area contributed by atoms with E-state index in [0.717, 1.165) is 17.1 Å². The zero-order valence-electron chi connectivity index (χ0n) is 15.3. The first-order chi connectivity index (χ1) is 13.1. The molecule has 0 spiro atoms. The SMILES string of the molecule is CCCOc1cc2c(cc1C(=O)/C=C/c1ccc(OC)c(F)c1)OCCS2. The minimum absolute atomic E-state index is 0.165. The lowest BCUT2D eigenvalue weighted by molar-refractivity contribution is 0.104. The molecule has 0 atom stereocenters. The molecule has 0 aliphatic carbocycles. The number of methoxy groups -OCH3 is 1. The highest BCUT2D eigenvalue weighted by Gasteiger charge is 2.19. The maximum absolute atomic E-state index is 13.8. The van der Waals surface area contributed by atoms with Crippen molar-refractivity contribution in [2.45, 2.75) is 18.2 Å². The molecular formula is C21H21FO4S. The summed E-state index contributed by atoms with van der Waals surface area (Å²) in [5, 5.41) is 0. The van der Waals surface area contributed by atoms with E-state index in [1.165, 1.54) is 25.3 Å². The number of benzene rings is 2. The Balaban J connectivity index is 1.87. The summed E-state index contributed by atoms with van der Waals surface area (Å²) in [5.41, 5.74) is 1.01. The Morgan fingerprint density at radius 2 is 2.15 bits per heavy atom. The number of fused-ring (bicyclic) bond motifs is 1. The molecule has 0 bridgehead atoms. The molecule has 0 aromatic heterocycles. The normalized spacial score (nSPS) is 13.1. The van der Waals surface area contributed by atoms with Crippen molar-refractivity contribution in [2.24, 2.45) is 0 Å². The fourth-order valence-corrected chi connectivity index (χ4v) is 3.48. The quantitative estimate of drug-likeness (QED) is 0.493. The Bertz CT molecular complexity index is 864. The second-order valence-corrected chi connectivity index (χ2v) is 7.07. The van der Waals surface area contributed by atoms with E-state index in [-0.39, 0.29) is 11.5 Å². The highest BCUT2D eigenvalue weighted by molar-refractivity contribution is 7.99. The molecule has 1 aliphatic rings. The molecule has 0 N–H and O–H groups in total. The van der Waals surface area contributed by atoms with Gasteiger partial charge in [0.2, 0.25) is 0 Å². The molecule has 0 amide bonds. The molecule has 6 heteroatoms. The van der Waals surface area contributed by atoms with Crippen LogP contribution < -0.4 is 14.2 Å². The second kappa shape index (κ2) is 8.95. The minimum Gasteiger partial charge on any atom is -0.494 e. The summed E-state index contributed by atoms with van der Waals surface area (Å²) in [7, 11) is 1.41. The van der Waals surface area contributed by atoms with Crippen LogP contribution in [0.1, 0.15) is 29.3 Å². The van der Waals surface area contributed by atoms with Gasteiger partial charge in [0.1, 0.15) is 11.5 Å². The van der Waals surface area contributed by atoms with E-state index >= 15 is 0 Å². The third-order valence-electron chi connectivity index (χ3n) is 3.97. The Morgan fingerprint density at radius 3 is 2.89 bits per heavy atom. The first kappa shape index (κ1) is 19.3. The number of hydrogen-bond donors (Lipinski definition) is 0. The molecule has 2 aromatic rings. The van der Waals surface area contributed by atoms with Gasteiger partial charge < -0.3 is 14.2 Å². The van der Waals surface area contributed by atoms with Crippen LogP contribution in [0.4, 0.5) is 4.39 Å². The predicted octanol–water partition coefficient (Wildman–Crippen LogP) is 5.00. The van der Waals surface area contributed by atoms with Crippen molar-refractivity contribution in [3.8, 4) is 17.2 Å². The fourth-order valence-electron chi connectivity index (χ4n) is 2.64. The van der Waals surface area contributed by atoms with Gasteiger partial charge in [0.15, 0.2) is 17.3 Å². The zero-order valence-corrected chi connectivity index (χ0v) is 16.1. The molecule has 4 nitrogen and oxygen atoms in total. The first-order valence-corrected chi connectivity index (χ1v) is 9.73. The van der Waals surface area contributed by atoms with Gasteiger partial charge in [0, 0.05) is 5.75 Å². The van der Waals surface area contributed by atoms with Gasteiger partial charge in [-0.1, -0.05) is 19.1 Å². The summed E-state index contributed by atoms with van der Waals surface area (Å²) in [4.78, 5) is 13.7. The Labute approximate surface area is 162 Å². The van der Waals surface area contributed by atoms with Crippen LogP contribution in [0.15, 0.2) is 41.3 Å². The Morgan fingerprint density at radius 1 is 1.30 bits per heavy atom. The molecule has 0 saturated carbocycles. The van der Waals surface area contributed by atoms with Crippen LogP contribution in [-0.2, 0) is 0 Å². The van der Waals surface area contributed by atoms with Crippen molar-refractivity contribution in [1.29, 1.82) is 0 Å². The van der Waals surface area contributed by atoms with E-state index in [1.54, 1.807) is 30.0 Å². The number of ketones is 1. The first-order valence-electron chi connectivity index (χ1n) is 8.74. The number of carbonyl (C=O) groups is 1. The van der Waals surface area contributed by atoms with Crippen LogP contribution in [0.2, 0.25) is 0 Å². The highest BCUT2D eigenvalue weighted by Crippen LogP contribution is 2.38. The molecule has 1 heterocycles. The van der Waals surface area contributed by atoms with E-state index in [1.807, 2.05) is 13.0 Å². The molecule has 1 aliphatic heterocycles. The van der Waals surface area contributed by atoms with Gasteiger partial charge in [-0.15, -0.1) is 11.8 Å². The van der Waals surface area contributed by atoms with E-state index in [9.17, 15) is 9.18 Å². The largest absolute Gasteiger partial charge is 0.494 e. The van der Waals surface area contributed by atoms with Gasteiger partial charge in [0.05, 0.1) is 30.8 Å². The lowest BCUT2D eigenvalue weighted by Gasteiger charge is -2.19. The van der Waals surface area contributed by atoms with Crippen LogP contribution in [0.3, 0.4) is 0 Å². The third-order valence-corrected chi connectivity index (χ3v) is 4.98. The van der Waals surface area contributed by atoms with Gasteiger partial charge in [-0.05, 0) is 42.3 Å². The van der Waals surface area contributed by atoms with Gasteiger partial charge in [0.25, 0.3) is 0 Å². The van der Waals surface area contributed by atoms with Gasteiger partial charge in [-0.3, -0.25) is 4.79 Å². The van der Waals surface area contributed by atoms with E-state index in [4.69, 9.17) is 14.2 Å². The molecule has 2 aromatic carbocycles. The standard InChI is InChI=1S/C21H21FO4S/c1-3-8-25-19-13-21-20(26-9-10-27-21)12-15(19)17(23)6-4-14-5-7-18(24-2)16(22)11-14/h4-7,11-13H,3,8-10H2,1-2H3/b6-4+. The molecular weight excluding hydrogens is 367 g/mol. The van der Waals surface area contributed by atoms with E-state index in [2.05, 4.69) is 0 Å². The van der Waals surface area contributed by atoms with Crippen LogP contribution in [0, 0.1) is 5.82 Å². The van der Waals surface area contributed by atoms with Gasteiger partial charge in [-0.25, -0.2) is 4.39 Å². The Kier molecular flexibility index (Phi) is 6.40. The summed E-state index contributed by atoms with van der Waals surface area (Å²) in [6.45, 7) is 3.15. The number of hydrogen-bond acceptors (Lipinski definition) is 5. The lowest BCUT2D eigenvalue weighted by Crippen LogP contribution is -2.10. The molecule has 0 fully saturated rings. The minimum atomic E-state index is -0.474. The second-order valence-electron chi connectivity index (χ2n) is 5.93. The van der Waals surface area contributed by atoms with Gasteiger partial charge in [-0.2, -0.15) is 0 Å². The number of halogens is 1. The summed E-state index contributed by atoms with van der Waals surface area (Å²) < 4.78 is 30.1. The molecule has 3 rings (SSSR count). The monoisotopic (exact) mass is 388 g/mol. The maximum atomic E-state index is 13.8. The third kappa shape index (κ3) is 4.63. The average Bonchev–Trinajstić information content (AvgIpc) is 2.69. The predicted molar refractivity (Wildman–Crippen MR) is 105 cm³/mol. The average molecular weight is 388 g/mol. The highest BCUT2D eigenvalue weighted by atomic mass is 32.2. The van der Waals surface area contributed by atoms with Gasteiger partial charge >= 0.3 is 0 Å². The molecule has 142 valence electrons. The zero-order chi connectivity index (χ0) is 19.2. The molecule has 0 radical (unpaired) electrons. The maximum Gasteiger partial charge on any atom is 0.189 e. The Hall–Kier alpha value is -2.47. The number of carbonyl (C=O) groups excluding carboxylic acids is 1. The van der Waals surface area contributed by atoms with Crippen molar-refractivity contribution < 1.29 is 23.4 Å². The van der Waals surface area contributed by atoms with Crippen LogP contribution >= 0.6 is 11.8 Å². The summed E-state index contributed by atoms with van der Waals surface area (Å²) in [6, 6.07) is 8.13. The van der Waals surface area contributed by atoms with Crippen LogP contribution in [-0.4, -0.2) is 31.9 Å². The number of thioether (sulfide) groups is 1. The molecule has 0 saturated heterocycles. The van der Waals surface area contributed by atoms with Crippen molar-refractivity contribution in [2.75, 3.05) is 26.1 Å². The van der Waals surface area contributed by atoms with E-state index in [0.29, 0.717) is 35.8 Å². The number of rotatable bonds is 7. The summed E-state index contributed by atoms with van der Waals surface area (Å²) in [6.07, 6.45) is 3.83. The molecule has 27 heavy (non-hydrogen) atoms. The summed E-state index contributed by atoms with van der Waals surface area (Å²) >= 11 is 1.68. The molecule has 0 unspecified atom stereocenters. The van der Waals surface area contributed by atoms with Crippen molar-refractivity contribution in [3.05, 3.63) is 53.4 Å². The fraction of sp³-hybridized carbons (Fsp3) is 0.286. The number of allylic oxidation sites excluding steroid dienone is 1. The smallest absolute Gasteiger partial charge is 0.189 e. The van der Waals surface area contributed by atoms with Crippen LogP contribution in [0.25, 0.3) is 6.08 Å². The lowest BCUT2D eigenvalue weighted by atomic mass is 10.1.